The average Bonchev–Trinajstić information content (AvgIpc) is 3.76. The molecule has 1 aliphatic heterocycles. The summed E-state index contributed by atoms with van der Waals surface area (Å²) < 4.78 is 10.8. The van der Waals surface area contributed by atoms with E-state index in [1.807, 2.05) is 42.5 Å². The third kappa shape index (κ3) is 16.4. The number of carbonyl (C=O) groups is 8. The lowest BCUT2D eigenvalue weighted by atomic mass is 9.85. The number of benzene rings is 3. The normalized spacial score (nSPS) is 18.3. The Morgan fingerprint density at radius 1 is 0.720 bits per heavy atom. The Bertz CT molecular complexity index is 2600. The third-order valence-corrected chi connectivity index (χ3v) is 13.3. The smallest absolute Gasteiger partial charge is 0.410 e. The molecular weight excluding hydrogens is 959 g/mol. The molecular formula is C57H77N7O11. The molecule has 0 saturated carbocycles. The molecule has 5 rings (SSSR count). The Morgan fingerprint density at radius 2 is 1.24 bits per heavy atom. The number of aryl methyl sites for hydroxylation is 1. The molecule has 75 heavy (non-hydrogen) atoms. The first kappa shape index (κ1) is 58.6. The lowest BCUT2D eigenvalue weighted by Gasteiger charge is -2.37. The van der Waals surface area contributed by atoms with Gasteiger partial charge in [0.1, 0.15) is 41.4 Å². The van der Waals surface area contributed by atoms with E-state index < -0.39 is 94.7 Å². The number of fused-ring (bicyclic) bond motifs is 1. The van der Waals surface area contributed by atoms with Gasteiger partial charge in [0, 0.05) is 38.7 Å². The van der Waals surface area contributed by atoms with Gasteiger partial charge in [0.25, 0.3) is 5.91 Å². The molecule has 5 N–H and O–H groups in total. The number of amides is 7. The molecule has 3 aromatic carbocycles. The van der Waals surface area contributed by atoms with Crippen molar-refractivity contribution < 1.29 is 52.9 Å². The van der Waals surface area contributed by atoms with E-state index in [0.29, 0.717) is 11.1 Å². The van der Waals surface area contributed by atoms with E-state index in [2.05, 4.69) is 27.3 Å². The molecule has 1 heterocycles. The highest BCUT2D eigenvalue weighted by Crippen LogP contribution is 2.32. The number of nitrogens with one attached hydrogen (secondary N) is 4. The van der Waals surface area contributed by atoms with Crippen molar-refractivity contribution in [3.63, 3.8) is 0 Å². The van der Waals surface area contributed by atoms with Crippen LogP contribution in [0.2, 0.25) is 0 Å². The highest BCUT2D eigenvalue weighted by atomic mass is 16.6. The fraction of sp³-hybridized carbons (Fsp3) is 0.509. The van der Waals surface area contributed by atoms with E-state index in [1.54, 1.807) is 106 Å². The van der Waals surface area contributed by atoms with Crippen LogP contribution in [-0.4, -0.2) is 136 Å². The number of rotatable bonds is 16. The van der Waals surface area contributed by atoms with Crippen LogP contribution in [-0.2, 0) is 46.3 Å². The molecule has 7 amide bonds. The van der Waals surface area contributed by atoms with Gasteiger partial charge < -0.3 is 40.7 Å². The van der Waals surface area contributed by atoms with Crippen LogP contribution in [0.15, 0.2) is 72.8 Å². The number of carbonyl (C=O) groups excluding carboxylic acids is 7. The summed E-state index contributed by atoms with van der Waals surface area (Å²) in [5.74, 6) is -3.72. The molecule has 4 unspecified atom stereocenters. The average molecular weight is 1040 g/mol. The van der Waals surface area contributed by atoms with Gasteiger partial charge in [0.05, 0.1) is 6.04 Å². The Kier molecular flexibility index (Phi) is 19.1. The largest absolute Gasteiger partial charge is 0.480 e. The van der Waals surface area contributed by atoms with Gasteiger partial charge >= 0.3 is 18.2 Å². The van der Waals surface area contributed by atoms with Crippen molar-refractivity contribution >= 4 is 59.8 Å². The van der Waals surface area contributed by atoms with Crippen LogP contribution < -0.4 is 21.3 Å². The monoisotopic (exact) mass is 1040 g/mol. The lowest BCUT2D eigenvalue weighted by Crippen LogP contribution is -2.60. The number of likely N-dealkylation sites (tertiary alicyclic amines) is 1. The van der Waals surface area contributed by atoms with Crippen molar-refractivity contribution in [1.82, 2.24) is 36.0 Å². The van der Waals surface area contributed by atoms with Crippen molar-refractivity contribution in [3.8, 4) is 0 Å². The predicted octanol–water partition coefficient (Wildman–Crippen LogP) is 6.90. The number of carboxylic acids is 1. The topological polar surface area (TPSA) is 233 Å². The second kappa shape index (κ2) is 24.4. The standard InChI is InChI=1S/C57H77N7O11/c1-34(62(12)53(72)74-56(6,7)8)47(65)60-44(52(70)71)31-38-25-23-36(24-26-38)21-22-37-27-29-40(30-28-37)49(67)58-41-32-45(50(68)59-43-20-16-18-39-17-14-15-19-42(39)43)64(33-41)51(69)46(55(3,4)5)61-48(66)35(2)63(13)54(73)75-57(9,10)11/h14-15,17,19,21-30,34-35,41,43-46H,16,18,20,31-33H2,1-13H3,(H,58,67)(H,59,68)(H,60,65)(H,61,66)(H,70,71)/b22-21+/t34-,35-,41-,43?,44?,45?,46?/m0/s1. The van der Waals surface area contributed by atoms with Crippen LogP contribution in [0.1, 0.15) is 140 Å². The number of likely N-dealkylation sites (N-methyl/N-ethyl adjacent to an activating group) is 2. The van der Waals surface area contributed by atoms with E-state index in [4.69, 9.17) is 9.47 Å². The van der Waals surface area contributed by atoms with Gasteiger partial charge in [-0.15, -0.1) is 0 Å². The van der Waals surface area contributed by atoms with Crippen molar-refractivity contribution in [2.45, 2.75) is 162 Å². The van der Waals surface area contributed by atoms with E-state index >= 15 is 0 Å². The first-order valence-electron chi connectivity index (χ1n) is 25.5. The number of aliphatic carboxylic acids is 1. The van der Waals surface area contributed by atoms with Gasteiger partial charge in [-0.3, -0.25) is 33.8 Å². The Morgan fingerprint density at radius 3 is 1.76 bits per heavy atom. The van der Waals surface area contributed by atoms with Crippen LogP contribution in [0.4, 0.5) is 9.59 Å². The summed E-state index contributed by atoms with van der Waals surface area (Å²) in [6, 6.07) is 15.8. The summed E-state index contributed by atoms with van der Waals surface area (Å²) in [7, 11) is 2.86. The number of ether oxygens (including phenoxy) is 2. The summed E-state index contributed by atoms with van der Waals surface area (Å²) in [5, 5.41) is 21.6. The van der Waals surface area contributed by atoms with Crippen LogP contribution in [0.5, 0.6) is 0 Å². The predicted molar refractivity (Wildman–Crippen MR) is 285 cm³/mol. The third-order valence-electron chi connectivity index (χ3n) is 13.3. The van der Waals surface area contributed by atoms with E-state index in [-0.39, 0.29) is 31.3 Å². The fourth-order valence-electron chi connectivity index (χ4n) is 8.72. The molecule has 2 aliphatic rings. The molecule has 1 fully saturated rings. The van der Waals surface area contributed by atoms with Crippen molar-refractivity contribution in [1.29, 1.82) is 0 Å². The van der Waals surface area contributed by atoms with Gasteiger partial charge in [-0.2, -0.15) is 0 Å². The minimum absolute atomic E-state index is 0.00171. The molecule has 0 radical (unpaired) electrons. The molecule has 3 aromatic rings. The van der Waals surface area contributed by atoms with Gasteiger partial charge in [-0.25, -0.2) is 14.4 Å². The zero-order valence-corrected chi connectivity index (χ0v) is 45.7. The number of nitrogens with zero attached hydrogens (tertiary/aromatic N) is 3. The van der Waals surface area contributed by atoms with Gasteiger partial charge in [-0.05, 0) is 126 Å². The zero-order chi connectivity index (χ0) is 55.7. The summed E-state index contributed by atoms with van der Waals surface area (Å²) in [5.41, 5.74) is 2.40. The number of carboxylic acid groups (broad SMARTS) is 1. The molecule has 18 heteroatoms. The quantitative estimate of drug-likeness (QED) is 0.0926. The van der Waals surface area contributed by atoms with E-state index in [9.17, 15) is 43.5 Å². The summed E-state index contributed by atoms with van der Waals surface area (Å²) >= 11 is 0. The minimum atomic E-state index is -1.25. The van der Waals surface area contributed by atoms with E-state index in [1.165, 1.54) is 30.8 Å². The summed E-state index contributed by atoms with van der Waals surface area (Å²) in [6.07, 6.45) is 4.93. The lowest BCUT2D eigenvalue weighted by molar-refractivity contribution is -0.144. The van der Waals surface area contributed by atoms with Gasteiger partial charge in [0.15, 0.2) is 0 Å². The Labute approximate surface area is 441 Å². The molecule has 18 nitrogen and oxygen atoms in total. The van der Waals surface area contributed by atoms with Crippen molar-refractivity contribution in [3.05, 3.63) is 106 Å². The first-order chi connectivity index (χ1) is 34.9. The molecule has 406 valence electrons. The maximum atomic E-state index is 14.8. The summed E-state index contributed by atoms with van der Waals surface area (Å²) in [6.45, 7) is 18.7. The van der Waals surface area contributed by atoms with Crippen molar-refractivity contribution in [2.24, 2.45) is 5.41 Å². The van der Waals surface area contributed by atoms with Gasteiger partial charge in [-0.1, -0.05) is 93.6 Å². The highest BCUT2D eigenvalue weighted by molar-refractivity contribution is 5.97. The van der Waals surface area contributed by atoms with E-state index in [0.717, 1.165) is 46.4 Å². The molecule has 0 aromatic heterocycles. The molecule has 0 spiro atoms. The molecule has 1 aliphatic carbocycles. The van der Waals surface area contributed by atoms with Crippen LogP contribution in [0.25, 0.3) is 12.2 Å². The number of hydrogen-bond donors (Lipinski definition) is 5. The highest BCUT2D eigenvalue weighted by Gasteiger charge is 2.46. The molecule has 7 atom stereocenters. The van der Waals surface area contributed by atoms with Crippen molar-refractivity contribution in [2.75, 3.05) is 20.6 Å². The summed E-state index contributed by atoms with van der Waals surface area (Å²) in [4.78, 5) is 111. The fourth-order valence-corrected chi connectivity index (χ4v) is 8.72. The van der Waals surface area contributed by atoms with Crippen LogP contribution in [0, 0.1) is 5.41 Å². The second-order valence-electron chi connectivity index (χ2n) is 22.7. The van der Waals surface area contributed by atoms with Crippen LogP contribution in [0.3, 0.4) is 0 Å². The maximum absolute atomic E-state index is 14.8. The SMILES string of the molecule is C[C@@H](C(=O)NC(Cc1ccc(/C=C/c2ccc(C(=O)N[C@H]3CC(C(=O)NC4CCCc5ccccc54)N(C(=O)C(NC(=O)[C@H](C)N(C)C(=O)OC(C)(C)C)C(C)(C)C)C3)cc2)cc1)C(=O)O)N(C)C(=O)OC(C)(C)C. The Hall–Kier alpha value is -7.24. The van der Waals surface area contributed by atoms with Crippen LogP contribution >= 0.6 is 0 Å². The molecule has 0 bridgehead atoms. The second-order valence-corrected chi connectivity index (χ2v) is 22.7. The maximum Gasteiger partial charge on any atom is 0.410 e. The first-order valence-corrected chi connectivity index (χ1v) is 25.5. The zero-order valence-electron chi connectivity index (χ0n) is 45.7. The number of hydrogen-bond acceptors (Lipinski definition) is 10. The Balaban J connectivity index is 1.26. The minimum Gasteiger partial charge on any atom is -0.480 e. The van der Waals surface area contributed by atoms with Gasteiger partial charge in [0.2, 0.25) is 23.6 Å². The molecule has 1 saturated heterocycles.